The zero-order valence-corrected chi connectivity index (χ0v) is 10.7. The van der Waals surface area contributed by atoms with Crippen LogP contribution in [0.2, 0.25) is 0 Å². The number of benzene rings is 1. The lowest BCUT2D eigenvalue weighted by atomic mass is 10.2. The Morgan fingerprint density at radius 1 is 1.26 bits per heavy atom. The van der Waals surface area contributed by atoms with E-state index in [9.17, 15) is 9.59 Å². The monoisotopic (exact) mass is 261 g/mol. The summed E-state index contributed by atoms with van der Waals surface area (Å²) in [5.74, 6) is -0.429. The van der Waals surface area contributed by atoms with E-state index in [2.05, 4.69) is 20.6 Å². The number of hydrogen-bond acceptors (Lipinski definition) is 3. The van der Waals surface area contributed by atoms with E-state index in [1.165, 1.54) is 0 Å². The number of ether oxygens (including phenoxy) is 1. The Morgan fingerprint density at radius 2 is 2.05 bits per heavy atom. The summed E-state index contributed by atoms with van der Waals surface area (Å²) in [4.78, 5) is 25.8. The van der Waals surface area contributed by atoms with Crippen molar-refractivity contribution >= 4 is 22.9 Å². The van der Waals surface area contributed by atoms with Gasteiger partial charge in [0.05, 0.1) is 6.61 Å². The van der Waals surface area contributed by atoms with Crippen molar-refractivity contribution < 1.29 is 14.3 Å². The minimum Gasteiger partial charge on any atom is -0.449 e. The van der Waals surface area contributed by atoms with Crippen LogP contribution in [0, 0.1) is 6.92 Å². The molecule has 0 spiro atoms. The number of nitrogens with one attached hydrogen (secondary N) is 3. The lowest BCUT2D eigenvalue weighted by Crippen LogP contribution is -2.42. The molecule has 0 atom stereocenters. The molecule has 0 fully saturated rings. The van der Waals surface area contributed by atoms with Crippen LogP contribution in [0.25, 0.3) is 10.9 Å². The second kappa shape index (κ2) is 5.43. The Kier molecular flexibility index (Phi) is 3.70. The number of aryl methyl sites for hydroxylation is 1. The number of amides is 2. The number of fused-ring (bicyclic) bond motifs is 1. The highest BCUT2D eigenvalue weighted by Crippen LogP contribution is 2.16. The molecule has 3 N–H and O–H groups in total. The molecule has 0 saturated carbocycles. The number of carbonyl (C=O) groups excluding carboxylic acids is 2. The first kappa shape index (κ1) is 12.9. The van der Waals surface area contributed by atoms with Crippen molar-refractivity contribution in [2.75, 3.05) is 6.61 Å². The molecular formula is C13H15N3O3. The van der Waals surface area contributed by atoms with Crippen LogP contribution in [-0.4, -0.2) is 23.6 Å². The molecule has 1 aromatic heterocycles. The lowest BCUT2D eigenvalue weighted by Gasteiger charge is -2.05. The van der Waals surface area contributed by atoms with Gasteiger partial charge in [0, 0.05) is 10.9 Å². The number of aromatic nitrogens is 1. The number of hydrazine groups is 1. The van der Waals surface area contributed by atoms with Crippen LogP contribution in [0.4, 0.5) is 4.79 Å². The van der Waals surface area contributed by atoms with Gasteiger partial charge >= 0.3 is 6.09 Å². The van der Waals surface area contributed by atoms with E-state index in [1.54, 1.807) is 13.0 Å². The molecule has 0 bridgehead atoms. The van der Waals surface area contributed by atoms with E-state index in [4.69, 9.17) is 0 Å². The largest absolute Gasteiger partial charge is 0.449 e. The molecule has 19 heavy (non-hydrogen) atoms. The van der Waals surface area contributed by atoms with Crippen LogP contribution in [0.5, 0.6) is 0 Å². The molecule has 2 amide bonds. The van der Waals surface area contributed by atoms with Gasteiger partial charge in [-0.25, -0.2) is 10.2 Å². The summed E-state index contributed by atoms with van der Waals surface area (Å²) in [6.07, 6.45) is -0.692. The fourth-order valence-corrected chi connectivity index (χ4v) is 1.71. The summed E-state index contributed by atoms with van der Waals surface area (Å²) in [5, 5.41) is 0.937. The Bertz CT molecular complexity index is 619. The van der Waals surface area contributed by atoms with Gasteiger partial charge in [-0.05, 0) is 31.5 Å². The van der Waals surface area contributed by atoms with E-state index in [1.807, 2.05) is 25.1 Å². The molecule has 0 unspecified atom stereocenters. The molecule has 1 heterocycles. The summed E-state index contributed by atoms with van der Waals surface area (Å²) in [5.41, 5.74) is 6.77. The molecule has 0 aliphatic rings. The van der Waals surface area contributed by atoms with Crippen molar-refractivity contribution in [3.8, 4) is 0 Å². The van der Waals surface area contributed by atoms with Crippen LogP contribution in [0.3, 0.4) is 0 Å². The summed E-state index contributed by atoms with van der Waals surface area (Å²) >= 11 is 0. The molecule has 6 heteroatoms. The Labute approximate surface area is 110 Å². The van der Waals surface area contributed by atoms with E-state index < -0.39 is 12.0 Å². The fourth-order valence-electron chi connectivity index (χ4n) is 1.71. The predicted molar refractivity (Wildman–Crippen MR) is 70.7 cm³/mol. The van der Waals surface area contributed by atoms with Crippen LogP contribution in [-0.2, 0) is 4.74 Å². The Hall–Kier alpha value is -2.50. The van der Waals surface area contributed by atoms with Crippen LogP contribution in [0.15, 0.2) is 24.3 Å². The lowest BCUT2D eigenvalue weighted by molar-refractivity contribution is 0.0908. The first-order valence-corrected chi connectivity index (χ1v) is 5.92. The van der Waals surface area contributed by atoms with Crippen molar-refractivity contribution in [3.63, 3.8) is 0 Å². The number of carbonyl (C=O) groups is 2. The van der Waals surface area contributed by atoms with Gasteiger partial charge in [-0.1, -0.05) is 12.1 Å². The van der Waals surface area contributed by atoms with E-state index in [-0.39, 0.29) is 6.61 Å². The molecule has 0 saturated heterocycles. The van der Waals surface area contributed by atoms with Crippen LogP contribution < -0.4 is 10.9 Å². The first-order chi connectivity index (χ1) is 9.10. The second-order valence-corrected chi connectivity index (χ2v) is 4.07. The number of aromatic amines is 1. The zero-order chi connectivity index (χ0) is 13.8. The molecule has 0 radical (unpaired) electrons. The van der Waals surface area contributed by atoms with E-state index in [0.29, 0.717) is 5.69 Å². The van der Waals surface area contributed by atoms with Gasteiger partial charge < -0.3 is 9.72 Å². The van der Waals surface area contributed by atoms with Gasteiger partial charge in [0.15, 0.2) is 0 Å². The predicted octanol–water partition coefficient (Wildman–Crippen LogP) is 1.87. The number of H-pyrrole nitrogens is 1. The van der Waals surface area contributed by atoms with Gasteiger partial charge in [0.25, 0.3) is 5.91 Å². The summed E-state index contributed by atoms with van der Waals surface area (Å²) in [7, 11) is 0. The van der Waals surface area contributed by atoms with Gasteiger partial charge in [0.1, 0.15) is 5.69 Å². The van der Waals surface area contributed by atoms with Crippen molar-refractivity contribution in [3.05, 3.63) is 35.5 Å². The molecule has 2 aromatic rings. The quantitative estimate of drug-likeness (QED) is 0.721. The Morgan fingerprint density at radius 3 is 2.79 bits per heavy atom. The maximum Gasteiger partial charge on any atom is 0.426 e. The standard InChI is InChI=1S/C13H15N3O3/c1-3-19-13(18)16-15-12(17)11-7-9-5-4-8(2)6-10(9)14-11/h4-7,14H,3H2,1-2H3,(H,15,17)(H,16,18). The van der Waals surface area contributed by atoms with Crippen molar-refractivity contribution in [2.24, 2.45) is 0 Å². The molecule has 6 nitrogen and oxygen atoms in total. The maximum atomic E-state index is 11.8. The summed E-state index contributed by atoms with van der Waals surface area (Å²) in [6.45, 7) is 3.90. The highest BCUT2D eigenvalue weighted by molar-refractivity contribution is 5.98. The third kappa shape index (κ3) is 3.04. The third-order valence-corrected chi connectivity index (χ3v) is 2.58. The summed E-state index contributed by atoms with van der Waals surface area (Å²) in [6, 6.07) is 7.56. The van der Waals surface area contributed by atoms with E-state index >= 15 is 0 Å². The molecule has 0 aliphatic carbocycles. The van der Waals surface area contributed by atoms with Gasteiger partial charge in [0.2, 0.25) is 0 Å². The first-order valence-electron chi connectivity index (χ1n) is 5.92. The van der Waals surface area contributed by atoms with Gasteiger partial charge in [-0.2, -0.15) is 0 Å². The minimum absolute atomic E-state index is 0.243. The highest BCUT2D eigenvalue weighted by atomic mass is 16.5. The summed E-state index contributed by atoms with van der Waals surface area (Å²) < 4.78 is 4.63. The topological polar surface area (TPSA) is 83.2 Å². The second-order valence-electron chi connectivity index (χ2n) is 4.07. The molecule has 2 rings (SSSR count). The normalized spacial score (nSPS) is 10.2. The highest BCUT2D eigenvalue weighted by Gasteiger charge is 2.10. The maximum absolute atomic E-state index is 11.8. The van der Waals surface area contributed by atoms with Crippen molar-refractivity contribution in [2.45, 2.75) is 13.8 Å². The molecule has 0 aliphatic heterocycles. The fraction of sp³-hybridized carbons (Fsp3) is 0.231. The van der Waals surface area contributed by atoms with Crippen LogP contribution >= 0.6 is 0 Å². The van der Waals surface area contributed by atoms with Crippen molar-refractivity contribution in [1.82, 2.24) is 15.8 Å². The molecule has 1 aromatic carbocycles. The average Bonchev–Trinajstić information content (AvgIpc) is 2.79. The zero-order valence-electron chi connectivity index (χ0n) is 10.7. The Balaban J connectivity index is 2.07. The van der Waals surface area contributed by atoms with Gasteiger partial charge in [-0.15, -0.1) is 0 Å². The van der Waals surface area contributed by atoms with Crippen LogP contribution in [0.1, 0.15) is 23.0 Å². The SMILES string of the molecule is CCOC(=O)NNC(=O)c1cc2ccc(C)cc2[nH]1. The molecular weight excluding hydrogens is 246 g/mol. The molecule has 100 valence electrons. The van der Waals surface area contributed by atoms with E-state index in [0.717, 1.165) is 16.5 Å². The minimum atomic E-state index is -0.692. The van der Waals surface area contributed by atoms with Crippen molar-refractivity contribution in [1.29, 1.82) is 0 Å². The number of hydrogen-bond donors (Lipinski definition) is 3. The average molecular weight is 261 g/mol. The smallest absolute Gasteiger partial charge is 0.426 e. The number of rotatable bonds is 2. The van der Waals surface area contributed by atoms with Gasteiger partial charge in [-0.3, -0.25) is 10.2 Å². The third-order valence-electron chi connectivity index (χ3n) is 2.58.